The average molecular weight is 391 g/mol. The maximum Gasteiger partial charge on any atom is 0.271 e. The van der Waals surface area contributed by atoms with E-state index in [2.05, 4.69) is 25.7 Å². The van der Waals surface area contributed by atoms with Gasteiger partial charge in [-0.2, -0.15) is 5.10 Å². The van der Waals surface area contributed by atoms with Gasteiger partial charge < -0.3 is 10.6 Å². The quantitative estimate of drug-likeness (QED) is 0.650. The molecule has 3 rings (SSSR count). The van der Waals surface area contributed by atoms with Gasteiger partial charge in [-0.3, -0.25) is 9.59 Å². The van der Waals surface area contributed by atoms with Gasteiger partial charge in [0.25, 0.3) is 5.91 Å². The summed E-state index contributed by atoms with van der Waals surface area (Å²) in [5.74, 6) is -0.987. The highest BCUT2D eigenvalue weighted by atomic mass is 35.5. The molecule has 1 aromatic carbocycles. The molecule has 2 N–H and O–H groups in total. The van der Waals surface area contributed by atoms with E-state index in [0.29, 0.717) is 5.69 Å². The number of pyridine rings is 1. The van der Waals surface area contributed by atoms with Crippen molar-refractivity contribution in [2.45, 2.75) is 0 Å². The highest BCUT2D eigenvalue weighted by Crippen LogP contribution is 2.16. The van der Waals surface area contributed by atoms with E-state index in [-0.39, 0.29) is 22.4 Å². The molecule has 2 aromatic heterocycles. The summed E-state index contributed by atoms with van der Waals surface area (Å²) in [4.78, 5) is 31.7. The molecule has 0 atom stereocenters. The molecule has 2 amide bonds. The molecule has 3 aromatic rings. The van der Waals surface area contributed by atoms with Crippen molar-refractivity contribution >= 4 is 40.7 Å². The monoisotopic (exact) mass is 390 g/mol. The highest BCUT2D eigenvalue weighted by molar-refractivity contribution is 6.34. The van der Waals surface area contributed by atoms with Crippen LogP contribution in [-0.4, -0.2) is 38.1 Å². The maximum atomic E-state index is 12.0. The van der Waals surface area contributed by atoms with Crippen molar-refractivity contribution in [1.82, 2.24) is 25.1 Å². The second-order valence-corrected chi connectivity index (χ2v) is 5.88. The molecule has 0 radical (unpaired) electrons. The summed E-state index contributed by atoms with van der Waals surface area (Å²) >= 11 is 11.6. The molecule has 0 saturated carbocycles. The Morgan fingerprint density at radius 3 is 2.54 bits per heavy atom. The molecule has 0 saturated heterocycles. The number of nitrogens with zero attached hydrogens (tertiary/aromatic N) is 4. The van der Waals surface area contributed by atoms with Gasteiger partial charge in [0.05, 0.1) is 17.3 Å². The second-order valence-electron chi connectivity index (χ2n) is 5.08. The number of nitrogens with one attached hydrogen (secondary N) is 2. The van der Waals surface area contributed by atoms with Gasteiger partial charge in [0.1, 0.15) is 23.5 Å². The van der Waals surface area contributed by atoms with Crippen molar-refractivity contribution in [3.8, 4) is 5.69 Å². The van der Waals surface area contributed by atoms with Crippen LogP contribution in [0.25, 0.3) is 5.69 Å². The lowest BCUT2D eigenvalue weighted by Gasteiger charge is -2.08. The van der Waals surface area contributed by atoms with E-state index >= 15 is 0 Å². The number of hydrogen-bond acceptors (Lipinski definition) is 5. The number of amides is 2. The Morgan fingerprint density at radius 1 is 1.08 bits per heavy atom. The molecule has 0 bridgehead atoms. The summed E-state index contributed by atoms with van der Waals surface area (Å²) < 4.78 is 1.59. The molecule has 26 heavy (non-hydrogen) atoms. The molecule has 0 unspecified atom stereocenters. The lowest BCUT2D eigenvalue weighted by molar-refractivity contribution is -0.115. The normalized spacial score (nSPS) is 10.4. The van der Waals surface area contributed by atoms with Gasteiger partial charge in [0.2, 0.25) is 5.91 Å². The van der Waals surface area contributed by atoms with E-state index in [9.17, 15) is 9.59 Å². The number of hydrogen-bond donors (Lipinski definition) is 2. The molecule has 8 nitrogen and oxygen atoms in total. The van der Waals surface area contributed by atoms with Gasteiger partial charge >= 0.3 is 0 Å². The summed E-state index contributed by atoms with van der Waals surface area (Å²) in [6.45, 7) is -0.242. The van der Waals surface area contributed by atoms with Crippen LogP contribution in [0.4, 0.5) is 5.69 Å². The first-order valence-electron chi connectivity index (χ1n) is 7.38. The highest BCUT2D eigenvalue weighted by Gasteiger charge is 2.14. The number of benzene rings is 1. The molecule has 0 aliphatic heterocycles. The minimum atomic E-state index is -0.589. The standard InChI is InChI=1S/C16H12Cl2N6O2/c17-12-5-6-13(18)23-15(12)16(26)20-7-14(25)22-10-1-3-11(4-2-10)24-9-19-8-21-24/h1-6,8-9H,7H2,(H,20,26)(H,22,25). The van der Waals surface area contributed by atoms with Gasteiger partial charge in [0.15, 0.2) is 0 Å². The fourth-order valence-corrected chi connectivity index (χ4v) is 2.40. The molecule has 0 spiro atoms. The van der Waals surface area contributed by atoms with Crippen LogP contribution in [0.5, 0.6) is 0 Å². The zero-order valence-electron chi connectivity index (χ0n) is 13.2. The van der Waals surface area contributed by atoms with Gasteiger partial charge in [-0.05, 0) is 36.4 Å². The maximum absolute atomic E-state index is 12.0. The van der Waals surface area contributed by atoms with Crippen molar-refractivity contribution in [3.05, 3.63) is 64.9 Å². The smallest absolute Gasteiger partial charge is 0.271 e. The van der Waals surface area contributed by atoms with Gasteiger partial charge in [-0.25, -0.2) is 14.6 Å². The number of halogens is 2. The van der Waals surface area contributed by atoms with Crippen molar-refractivity contribution in [3.63, 3.8) is 0 Å². The van der Waals surface area contributed by atoms with Crippen LogP contribution in [0, 0.1) is 0 Å². The predicted octanol–water partition coefficient (Wildman–Crippen LogP) is 2.34. The SMILES string of the molecule is O=C(CNC(=O)c1nc(Cl)ccc1Cl)Nc1ccc(-n2cncn2)cc1. The van der Waals surface area contributed by atoms with Crippen molar-refractivity contribution in [2.75, 3.05) is 11.9 Å². The van der Waals surface area contributed by atoms with Crippen LogP contribution in [-0.2, 0) is 4.79 Å². The third-order valence-corrected chi connectivity index (χ3v) is 3.79. The summed E-state index contributed by atoms with van der Waals surface area (Å²) in [6.07, 6.45) is 3.00. The fourth-order valence-electron chi connectivity index (χ4n) is 2.07. The molecule has 2 heterocycles. The Balaban J connectivity index is 1.55. The van der Waals surface area contributed by atoms with Crippen LogP contribution < -0.4 is 10.6 Å². The summed E-state index contributed by atoms with van der Waals surface area (Å²) in [6, 6.07) is 9.91. The van der Waals surface area contributed by atoms with E-state index in [1.54, 1.807) is 35.3 Å². The number of aromatic nitrogens is 4. The first-order chi connectivity index (χ1) is 12.5. The number of carbonyl (C=O) groups is 2. The first kappa shape index (κ1) is 17.8. The Morgan fingerprint density at radius 2 is 1.85 bits per heavy atom. The summed E-state index contributed by atoms with van der Waals surface area (Å²) in [5, 5.41) is 9.41. The molecule has 132 valence electrons. The Labute approximate surface area is 158 Å². The van der Waals surface area contributed by atoms with Crippen molar-refractivity contribution in [1.29, 1.82) is 0 Å². The van der Waals surface area contributed by atoms with E-state index in [1.165, 1.54) is 18.5 Å². The Hall–Kier alpha value is -2.97. The number of carbonyl (C=O) groups excluding carboxylic acids is 2. The fraction of sp³-hybridized carbons (Fsp3) is 0.0625. The largest absolute Gasteiger partial charge is 0.342 e. The number of rotatable bonds is 5. The molecule has 10 heteroatoms. The van der Waals surface area contributed by atoms with Gasteiger partial charge in [-0.15, -0.1) is 0 Å². The summed E-state index contributed by atoms with van der Waals surface area (Å²) in [7, 11) is 0. The Kier molecular flexibility index (Phi) is 5.45. The zero-order valence-corrected chi connectivity index (χ0v) is 14.7. The van der Waals surface area contributed by atoms with Crippen LogP contribution in [0.3, 0.4) is 0 Å². The van der Waals surface area contributed by atoms with Crippen LogP contribution in [0.1, 0.15) is 10.5 Å². The topological polar surface area (TPSA) is 102 Å². The van der Waals surface area contributed by atoms with E-state index in [1.807, 2.05) is 0 Å². The lowest BCUT2D eigenvalue weighted by Crippen LogP contribution is -2.33. The van der Waals surface area contributed by atoms with Crippen molar-refractivity contribution < 1.29 is 9.59 Å². The zero-order chi connectivity index (χ0) is 18.5. The molecule has 0 fully saturated rings. The van der Waals surface area contributed by atoms with Crippen molar-refractivity contribution in [2.24, 2.45) is 0 Å². The lowest BCUT2D eigenvalue weighted by atomic mass is 10.3. The van der Waals surface area contributed by atoms with Crippen LogP contribution in [0.2, 0.25) is 10.2 Å². The molecule has 0 aliphatic rings. The molecular weight excluding hydrogens is 379 g/mol. The van der Waals surface area contributed by atoms with E-state index in [4.69, 9.17) is 23.2 Å². The second kappa shape index (κ2) is 7.94. The average Bonchev–Trinajstić information content (AvgIpc) is 3.17. The minimum absolute atomic E-state index is 0.0378. The Bertz CT molecular complexity index is 928. The number of anilines is 1. The minimum Gasteiger partial charge on any atom is -0.342 e. The third-order valence-electron chi connectivity index (χ3n) is 3.27. The molecular formula is C16H12Cl2N6O2. The van der Waals surface area contributed by atoms with E-state index in [0.717, 1.165) is 5.69 Å². The van der Waals surface area contributed by atoms with Gasteiger partial charge in [-0.1, -0.05) is 23.2 Å². The first-order valence-corrected chi connectivity index (χ1v) is 8.13. The third kappa shape index (κ3) is 4.35. The predicted molar refractivity (Wildman–Crippen MR) is 96.6 cm³/mol. The van der Waals surface area contributed by atoms with E-state index < -0.39 is 11.8 Å². The van der Waals surface area contributed by atoms with Crippen LogP contribution in [0.15, 0.2) is 49.1 Å². The summed E-state index contributed by atoms with van der Waals surface area (Å²) in [5.41, 5.74) is 1.34. The van der Waals surface area contributed by atoms with Gasteiger partial charge in [0, 0.05) is 5.69 Å². The molecule has 0 aliphatic carbocycles. The van der Waals surface area contributed by atoms with Crippen LogP contribution >= 0.6 is 23.2 Å².